The fourth-order valence-electron chi connectivity index (χ4n) is 1.61. The first-order chi connectivity index (χ1) is 5.68. The number of carbonyl (C=O) groups excluding carboxylic acids is 1. The standard InChI is InChI=1S/C8H16N2OS/c1-10-8(6-7(9)11)2-4-12-5-3-8/h10H,2-6H2,1H3,(H2,9,11). The van der Waals surface area contributed by atoms with Crippen LogP contribution in [-0.4, -0.2) is 30.0 Å². The Kier molecular flexibility index (Phi) is 3.40. The minimum Gasteiger partial charge on any atom is -0.370 e. The van der Waals surface area contributed by atoms with Gasteiger partial charge in [-0.05, 0) is 31.4 Å². The summed E-state index contributed by atoms with van der Waals surface area (Å²) in [7, 11) is 1.92. The highest BCUT2D eigenvalue weighted by Gasteiger charge is 2.31. The van der Waals surface area contributed by atoms with Crippen molar-refractivity contribution >= 4 is 17.7 Å². The molecule has 12 heavy (non-hydrogen) atoms. The van der Waals surface area contributed by atoms with Crippen LogP contribution in [0.25, 0.3) is 0 Å². The van der Waals surface area contributed by atoms with Gasteiger partial charge in [-0.15, -0.1) is 0 Å². The molecule has 3 N–H and O–H groups in total. The van der Waals surface area contributed by atoms with Crippen LogP contribution in [0, 0.1) is 0 Å². The third-order valence-corrected chi connectivity index (χ3v) is 3.48. The highest BCUT2D eigenvalue weighted by molar-refractivity contribution is 7.99. The van der Waals surface area contributed by atoms with Crippen LogP contribution in [0.3, 0.4) is 0 Å². The van der Waals surface area contributed by atoms with E-state index in [0.717, 1.165) is 24.3 Å². The number of amides is 1. The summed E-state index contributed by atoms with van der Waals surface area (Å²) in [5.74, 6) is 2.07. The quantitative estimate of drug-likeness (QED) is 0.672. The predicted molar refractivity (Wildman–Crippen MR) is 52.2 cm³/mol. The maximum atomic E-state index is 10.8. The fraction of sp³-hybridized carbons (Fsp3) is 0.875. The molecule has 0 aromatic heterocycles. The van der Waals surface area contributed by atoms with Crippen LogP contribution in [0.4, 0.5) is 0 Å². The number of rotatable bonds is 3. The van der Waals surface area contributed by atoms with Gasteiger partial charge in [-0.1, -0.05) is 0 Å². The summed E-state index contributed by atoms with van der Waals surface area (Å²) in [4.78, 5) is 10.8. The highest BCUT2D eigenvalue weighted by Crippen LogP contribution is 2.29. The van der Waals surface area contributed by atoms with E-state index in [4.69, 9.17) is 5.73 Å². The van der Waals surface area contributed by atoms with Gasteiger partial charge in [-0.25, -0.2) is 0 Å². The van der Waals surface area contributed by atoms with Crippen molar-refractivity contribution in [3.05, 3.63) is 0 Å². The smallest absolute Gasteiger partial charge is 0.219 e. The number of nitrogens with two attached hydrogens (primary N) is 1. The third-order valence-electron chi connectivity index (χ3n) is 2.49. The van der Waals surface area contributed by atoms with E-state index in [1.54, 1.807) is 0 Å². The number of nitrogens with one attached hydrogen (secondary N) is 1. The molecule has 1 heterocycles. The van der Waals surface area contributed by atoms with E-state index >= 15 is 0 Å². The molecule has 4 heteroatoms. The van der Waals surface area contributed by atoms with E-state index < -0.39 is 0 Å². The Bertz CT molecular complexity index is 166. The van der Waals surface area contributed by atoms with Crippen molar-refractivity contribution in [1.82, 2.24) is 5.32 Å². The maximum absolute atomic E-state index is 10.8. The van der Waals surface area contributed by atoms with Crippen LogP contribution in [0.2, 0.25) is 0 Å². The summed E-state index contributed by atoms with van der Waals surface area (Å²) in [6, 6.07) is 0. The van der Waals surface area contributed by atoms with Gasteiger partial charge in [0, 0.05) is 12.0 Å². The molecule has 1 aliphatic rings. The van der Waals surface area contributed by atoms with Crippen LogP contribution in [0.15, 0.2) is 0 Å². The van der Waals surface area contributed by atoms with E-state index in [1.807, 2.05) is 18.8 Å². The molecular formula is C8H16N2OS. The molecule has 0 saturated carbocycles. The zero-order valence-corrected chi connectivity index (χ0v) is 8.25. The first kappa shape index (κ1) is 9.86. The summed E-state index contributed by atoms with van der Waals surface area (Å²) >= 11 is 1.95. The van der Waals surface area contributed by atoms with Crippen molar-refractivity contribution in [2.75, 3.05) is 18.6 Å². The minimum atomic E-state index is -0.198. The summed E-state index contributed by atoms with van der Waals surface area (Å²) in [6.07, 6.45) is 2.58. The van der Waals surface area contributed by atoms with E-state index in [9.17, 15) is 4.79 Å². The second-order valence-corrected chi connectivity index (χ2v) is 4.51. The molecule has 0 aliphatic carbocycles. The molecule has 0 spiro atoms. The fourth-order valence-corrected chi connectivity index (χ4v) is 2.89. The number of primary amides is 1. The molecule has 0 unspecified atom stereocenters. The summed E-state index contributed by atoms with van der Waals surface area (Å²) in [5, 5.41) is 3.23. The summed E-state index contributed by atoms with van der Waals surface area (Å²) in [6.45, 7) is 0. The van der Waals surface area contributed by atoms with Gasteiger partial charge in [0.05, 0.1) is 0 Å². The van der Waals surface area contributed by atoms with E-state index in [0.29, 0.717) is 6.42 Å². The molecule has 1 saturated heterocycles. The van der Waals surface area contributed by atoms with E-state index in [-0.39, 0.29) is 11.4 Å². The molecule has 3 nitrogen and oxygen atoms in total. The Balaban J connectivity index is 2.53. The van der Waals surface area contributed by atoms with Gasteiger partial charge in [0.1, 0.15) is 0 Å². The molecule has 0 atom stereocenters. The molecule has 0 radical (unpaired) electrons. The maximum Gasteiger partial charge on any atom is 0.219 e. The Labute approximate surface area is 77.5 Å². The second kappa shape index (κ2) is 4.14. The van der Waals surface area contributed by atoms with Crippen molar-refractivity contribution < 1.29 is 4.79 Å². The third kappa shape index (κ3) is 2.38. The van der Waals surface area contributed by atoms with Gasteiger partial charge in [0.25, 0.3) is 0 Å². The van der Waals surface area contributed by atoms with Crippen molar-refractivity contribution in [2.24, 2.45) is 5.73 Å². The SMILES string of the molecule is CNC1(CC(N)=O)CCSCC1. The lowest BCUT2D eigenvalue weighted by atomic mass is 9.88. The van der Waals surface area contributed by atoms with Crippen molar-refractivity contribution in [2.45, 2.75) is 24.8 Å². The van der Waals surface area contributed by atoms with Gasteiger partial charge in [-0.2, -0.15) is 11.8 Å². The van der Waals surface area contributed by atoms with Crippen LogP contribution in [0.5, 0.6) is 0 Å². The van der Waals surface area contributed by atoms with Gasteiger partial charge < -0.3 is 11.1 Å². The average Bonchev–Trinajstić information content (AvgIpc) is 2.05. The lowest BCUT2D eigenvalue weighted by Crippen LogP contribution is -2.48. The molecule has 1 fully saturated rings. The number of thioether (sulfide) groups is 1. The van der Waals surface area contributed by atoms with Gasteiger partial charge in [-0.3, -0.25) is 4.79 Å². The Morgan fingerprint density at radius 3 is 2.58 bits per heavy atom. The predicted octanol–water partition coefficient (Wildman–Crippen LogP) is 0.347. The van der Waals surface area contributed by atoms with Crippen molar-refractivity contribution in [3.8, 4) is 0 Å². The first-order valence-electron chi connectivity index (χ1n) is 4.23. The number of hydrogen-bond acceptors (Lipinski definition) is 3. The molecule has 0 aromatic rings. The Morgan fingerprint density at radius 1 is 1.58 bits per heavy atom. The van der Waals surface area contributed by atoms with E-state index in [2.05, 4.69) is 5.32 Å². The van der Waals surface area contributed by atoms with E-state index in [1.165, 1.54) is 0 Å². The molecule has 70 valence electrons. The van der Waals surface area contributed by atoms with Crippen molar-refractivity contribution in [1.29, 1.82) is 0 Å². The van der Waals surface area contributed by atoms with Crippen LogP contribution in [-0.2, 0) is 4.79 Å². The van der Waals surface area contributed by atoms with Gasteiger partial charge >= 0.3 is 0 Å². The zero-order valence-electron chi connectivity index (χ0n) is 7.43. The lowest BCUT2D eigenvalue weighted by Gasteiger charge is -2.35. The minimum absolute atomic E-state index is 0.00289. The molecule has 1 rings (SSSR count). The zero-order chi connectivity index (χ0) is 9.03. The van der Waals surface area contributed by atoms with Gasteiger partial charge in [0.15, 0.2) is 0 Å². The van der Waals surface area contributed by atoms with Crippen LogP contribution >= 0.6 is 11.8 Å². The monoisotopic (exact) mass is 188 g/mol. The highest BCUT2D eigenvalue weighted by atomic mass is 32.2. The second-order valence-electron chi connectivity index (χ2n) is 3.29. The molecule has 0 bridgehead atoms. The number of carbonyl (C=O) groups is 1. The molecule has 1 amide bonds. The largest absolute Gasteiger partial charge is 0.370 e. The molecule has 1 aliphatic heterocycles. The summed E-state index contributed by atoms with van der Waals surface area (Å²) < 4.78 is 0. The molecular weight excluding hydrogens is 172 g/mol. The average molecular weight is 188 g/mol. The first-order valence-corrected chi connectivity index (χ1v) is 5.39. The number of hydrogen-bond donors (Lipinski definition) is 2. The Morgan fingerprint density at radius 2 is 2.17 bits per heavy atom. The van der Waals surface area contributed by atoms with Crippen molar-refractivity contribution in [3.63, 3.8) is 0 Å². The lowest BCUT2D eigenvalue weighted by molar-refractivity contribution is -0.119. The summed E-state index contributed by atoms with van der Waals surface area (Å²) in [5.41, 5.74) is 5.20. The van der Waals surface area contributed by atoms with Crippen LogP contribution in [0.1, 0.15) is 19.3 Å². The van der Waals surface area contributed by atoms with Gasteiger partial charge in [0.2, 0.25) is 5.91 Å². The topological polar surface area (TPSA) is 55.1 Å². The Hall–Kier alpha value is -0.220. The van der Waals surface area contributed by atoms with Crippen LogP contribution < -0.4 is 11.1 Å². The normalized spacial score (nSPS) is 22.1. The molecule has 0 aromatic carbocycles.